The molecule has 0 saturated carbocycles. The van der Waals surface area contributed by atoms with Gasteiger partial charge in [-0.2, -0.15) is 0 Å². The minimum absolute atomic E-state index is 0. The molecule has 0 aliphatic rings. The number of unbranched alkanes of at least 4 members (excludes halogenated alkanes) is 12. The number of H-pyrrole nitrogens is 1. The van der Waals surface area contributed by atoms with Crippen molar-refractivity contribution in [1.82, 2.24) is 15.3 Å². The number of imidazole rings is 1. The van der Waals surface area contributed by atoms with Gasteiger partial charge in [-0.15, -0.1) is 0 Å². The van der Waals surface area contributed by atoms with Crippen molar-refractivity contribution in [2.45, 2.75) is 109 Å². The Kier molecular flexibility index (Phi) is 20.3. The van der Waals surface area contributed by atoms with Crippen LogP contribution < -0.4 is 40.0 Å². The Labute approximate surface area is 220 Å². The van der Waals surface area contributed by atoms with E-state index in [4.69, 9.17) is 0 Å². The summed E-state index contributed by atoms with van der Waals surface area (Å²) in [6, 6.07) is -1.09. The Morgan fingerprint density at radius 3 is 2.06 bits per heavy atom. The summed E-state index contributed by atoms with van der Waals surface area (Å²) in [6.07, 6.45) is 19.5. The van der Waals surface area contributed by atoms with Gasteiger partial charge in [-0.3, -0.25) is 9.79 Å². The fraction of sp³-hybridized carbons (Fsp3) is 0.750. The first kappa shape index (κ1) is 31.6. The van der Waals surface area contributed by atoms with Crippen LogP contribution in [0.4, 0.5) is 0 Å². The number of amides is 1. The summed E-state index contributed by atoms with van der Waals surface area (Å²) >= 11 is 0. The molecule has 0 spiro atoms. The molecule has 1 rings (SSSR count). The molecule has 0 bridgehead atoms. The molecule has 9 heteroatoms. The summed E-state index contributed by atoms with van der Waals surface area (Å²) in [4.78, 5) is 33.6. The van der Waals surface area contributed by atoms with Crippen molar-refractivity contribution >= 4 is 17.8 Å². The third-order valence-electron chi connectivity index (χ3n) is 5.51. The van der Waals surface area contributed by atoms with Crippen molar-refractivity contribution in [3.05, 3.63) is 18.2 Å². The fourth-order valence-electron chi connectivity index (χ4n) is 3.59. The number of aliphatic carboxylic acids is 1. The molecular formula is C24H41N4NaO4. The number of rotatable bonds is 20. The molecule has 1 heterocycles. The first-order valence-electron chi connectivity index (χ1n) is 12.2. The Morgan fingerprint density at radius 2 is 1.58 bits per heavy atom. The van der Waals surface area contributed by atoms with E-state index in [0.29, 0.717) is 12.1 Å². The Balaban J connectivity index is 0.0000102. The van der Waals surface area contributed by atoms with Gasteiger partial charge in [0.05, 0.1) is 6.33 Å². The summed E-state index contributed by atoms with van der Waals surface area (Å²) in [5.74, 6) is -2.02. The number of aromatic amines is 1. The third-order valence-corrected chi connectivity index (χ3v) is 5.51. The molecule has 1 aromatic rings. The van der Waals surface area contributed by atoms with Crippen molar-refractivity contribution < 1.29 is 49.4 Å². The predicted molar refractivity (Wildman–Crippen MR) is 124 cm³/mol. The van der Waals surface area contributed by atoms with Crippen LogP contribution in [-0.2, 0) is 16.0 Å². The number of nitrogens with zero attached hydrogens (tertiary/aromatic N) is 2. The summed E-state index contributed by atoms with van der Waals surface area (Å²) in [5, 5.41) is 23.5. The average molecular weight is 473 g/mol. The SMILES string of the molecule is CCCCCCCCCCCCCCCC([O-])=NCC(=O)N[C@@H](Cc1cnc[nH]1)C(=O)O.[Na+]. The second-order valence-electron chi connectivity index (χ2n) is 8.44. The third kappa shape index (κ3) is 17.7. The Morgan fingerprint density at radius 1 is 1.03 bits per heavy atom. The van der Waals surface area contributed by atoms with Crippen LogP contribution in [0.3, 0.4) is 0 Å². The maximum Gasteiger partial charge on any atom is 1.00 e. The zero-order valence-electron chi connectivity index (χ0n) is 20.6. The van der Waals surface area contributed by atoms with Crippen molar-refractivity contribution in [3.8, 4) is 0 Å². The molecular weight excluding hydrogens is 431 g/mol. The minimum Gasteiger partial charge on any atom is -0.862 e. The van der Waals surface area contributed by atoms with Gasteiger partial charge in [0.15, 0.2) is 0 Å². The van der Waals surface area contributed by atoms with E-state index in [9.17, 15) is 19.8 Å². The molecule has 0 aliphatic heterocycles. The van der Waals surface area contributed by atoms with Crippen LogP contribution in [0.25, 0.3) is 0 Å². The number of hydrogen-bond acceptors (Lipinski definition) is 5. The van der Waals surface area contributed by atoms with Crippen molar-refractivity contribution in [3.63, 3.8) is 0 Å². The van der Waals surface area contributed by atoms with E-state index in [-0.39, 0.29) is 48.4 Å². The van der Waals surface area contributed by atoms with Crippen LogP contribution >= 0.6 is 0 Å². The van der Waals surface area contributed by atoms with Gasteiger partial charge >= 0.3 is 35.5 Å². The van der Waals surface area contributed by atoms with Gasteiger partial charge in [-0.05, 0) is 18.7 Å². The second-order valence-corrected chi connectivity index (χ2v) is 8.44. The maximum atomic E-state index is 11.9. The van der Waals surface area contributed by atoms with Crippen LogP contribution in [0.2, 0.25) is 0 Å². The van der Waals surface area contributed by atoms with Crippen LogP contribution in [-0.4, -0.2) is 45.4 Å². The number of carbonyl (C=O) groups excluding carboxylic acids is 1. The molecule has 0 aliphatic carbocycles. The van der Waals surface area contributed by atoms with Gasteiger partial charge in [-0.1, -0.05) is 84.0 Å². The number of carboxylic acids is 1. The number of nitrogens with one attached hydrogen (secondary N) is 2. The molecule has 8 nitrogen and oxygen atoms in total. The van der Waals surface area contributed by atoms with E-state index >= 15 is 0 Å². The second kappa shape index (κ2) is 21.2. The molecule has 3 N–H and O–H groups in total. The van der Waals surface area contributed by atoms with Gasteiger partial charge in [0.25, 0.3) is 0 Å². The first-order chi connectivity index (χ1) is 15.5. The summed E-state index contributed by atoms with van der Waals surface area (Å²) in [6.45, 7) is 1.90. The van der Waals surface area contributed by atoms with Crippen LogP contribution in [0.1, 0.15) is 103 Å². The Hall–Kier alpha value is -1.38. The van der Waals surface area contributed by atoms with E-state index in [1.807, 2.05) is 0 Å². The number of carbonyl (C=O) groups is 2. The molecule has 1 atom stereocenters. The van der Waals surface area contributed by atoms with Crippen LogP contribution in [0.5, 0.6) is 0 Å². The summed E-state index contributed by atoms with van der Waals surface area (Å²) < 4.78 is 0. The molecule has 182 valence electrons. The van der Waals surface area contributed by atoms with Crippen LogP contribution in [0, 0.1) is 0 Å². The molecule has 33 heavy (non-hydrogen) atoms. The predicted octanol–water partition coefficient (Wildman–Crippen LogP) is 0.766. The number of carboxylic acid groups (broad SMARTS) is 1. The van der Waals surface area contributed by atoms with Crippen molar-refractivity contribution in [2.24, 2.45) is 4.99 Å². The normalized spacial score (nSPS) is 12.2. The molecule has 0 radical (unpaired) electrons. The monoisotopic (exact) mass is 472 g/mol. The zero-order valence-corrected chi connectivity index (χ0v) is 22.6. The van der Waals surface area contributed by atoms with E-state index in [1.165, 1.54) is 76.7 Å². The molecule has 1 amide bonds. The number of aromatic nitrogens is 2. The van der Waals surface area contributed by atoms with E-state index in [2.05, 4.69) is 27.2 Å². The quantitative estimate of drug-likeness (QED) is 0.112. The van der Waals surface area contributed by atoms with Gasteiger partial charge in [0, 0.05) is 18.3 Å². The van der Waals surface area contributed by atoms with Crippen molar-refractivity contribution in [2.75, 3.05) is 6.54 Å². The van der Waals surface area contributed by atoms with Gasteiger partial charge in [-0.25, -0.2) is 9.78 Å². The topological polar surface area (TPSA) is 130 Å². The minimum atomic E-state index is -1.15. The van der Waals surface area contributed by atoms with E-state index < -0.39 is 17.9 Å². The van der Waals surface area contributed by atoms with E-state index in [1.54, 1.807) is 0 Å². The van der Waals surface area contributed by atoms with Crippen molar-refractivity contribution in [1.29, 1.82) is 0 Å². The molecule has 0 saturated heterocycles. The van der Waals surface area contributed by atoms with Gasteiger partial charge in [0.2, 0.25) is 5.91 Å². The summed E-state index contributed by atoms with van der Waals surface area (Å²) in [5.41, 5.74) is 0.605. The first-order valence-corrected chi connectivity index (χ1v) is 12.2. The van der Waals surface area contributed by atoms with Gasteiger partial charge < -0.3 is 20.5 Å². The maximum absolute atomic E-state index is 11.9. The Bertz CT molecular complexity index is 653. The zero-order chi connectivity index (χ0) is 23.4. The number of aliphatic imine (C=N–C) groups is 1. The van der Waals surface area contributed by atoms with Crippen LogP contribution in [0.15, 0.2) is 17.5 Å². The standard InChI is InChI=1S/C24H42N4O4.Na/c1-2-3-4-5-6-7-8-9-10-11-12-13-14-15-22(29)26-18-23(30)28-21(24(31)32)16-20-17-25-19-27-20;/h17,19,21H,2-16,18H2,1H3,(H,25,27)(H,26,29)(H,28,30)(H,31,32);/q;+1/p-1/t21-;/m0./s1. The molecule has 0 aromatic carbocycles. The molecule has 1 aromatic heterocycles. The largest absolute Gasteiger partial charge is 1.00 e. The molecule has 0 fully saturated rings. The van der Waals surface area contributed by atoms with E-state index in [0.717, 1.165) is 19.3 Å². The summed E-state index contributed by atoms with van der Waals surface area (Å²) in [7, 11) is 0. The van der Waals surface area contributed by atoms with Gasteiger partial charge in [0.1, 0.15) is 12.6 Å². The smallest absolute Gasteiger partial charge is 0.862 e. The fourth-order valence-corrected chi connectivity index (χ4v) is 3.59. The average Bonchev–Trinajstić information content (AvgIpc) is 3.28. The molecule has 0 unspecified atom stereocenters. The number of hydrogen-bond donors (Lipinski definition) is 3.